The van der Waals surface area contributed by atoms with Gasteiger partial charge in [0, 0.05) is 49.2 Å². The number of hydrogen-bond acceptors (Lipinski definition) is 4. The topological polar surface area (TPSA) is 81.4 Å². The van der Waals surface area contributed by atoms with E-state index in [1.54, 1.807) is 4.90 Å². The predicted octanol–water partition coefficient (Wildman–Crippen LogP) is 7.68. The Labute approximate surface area is 266 Å². The van der Waals surface area contributed by atoms with Crippen molar-refractivity contribution in [3.8, 4) is 11.5 Å². The maximum atomic E-state index is 13.6. The molecule has 0 spiro atoms. The average Bonchev–Trinajstić information content (AvgIpc) is 3.50. The average molecular weight is 633 g/mol. The number of nitrogens with zero attached hydrogens (tertiary/aromatic N) is 4. The Morgan fingerprint density at radius 1 is 1.00 bits per heavy atom. The Morgan fingerprint density at radius 3 is 2.57 bits per heavy atom. The number of nitrogens with one attached hydrogen (secondary N) is 1. The first-order valence-electron chi connectivity index (χ1n) is 14.7. The monoisotopic (exact) mass is 631 g/mol. The Balaban J connectivity index is 1.29. The second-order valence-corrected chi connectivity index (χ2v) is 13.2. The number of carbonyl (C=O) groups is 2. The van der Waals surface area contributed by atoms with Gasteiger partial charge in [0.25, 0.3) is 5.91 Å². The zero-order valence-corrected chi connectivity index (χ0v) is 26.7. The van der Waals surface area contributed by atoms with Crippen molar-refractivity contribution in [1.82, 2.24) is 24.3 Å². The zero-order valence-electron chi connectivity index (χ0n) is 25.2. The van der Waals surface area contributed by atoms with Crippen LogP contribution in [0, 0.1) is 0 Å². The molecule has 1 atom stereocenters. The Kier molecular flexibility index (Phi) is 8.07. The van der Waals surface area contributed by atoms with Crippen LogP contribution in [0.15, 0.2) is 66.7 Å². The fourth-order valence-corrected chi connectivity index (χ4v) is 6.21. The minimum Gasteiger partial charge on any atom is -0.444 e. The van der Waals surface area contributed by atoms with Gasteiger partial charge >= 0.3 is 6.09 Å². The van der Waals surface area contributed by atoms with Gasteiger partial charge in [0.2, 0.25) is 0 Å². The van der Waals surface area contributed by atoms with Crippen LogP contribution in [-0.2, 0) is 18.3 Å². The Morgan fingerprint density at radius 2 is 1.80 bits per heavy atom. The molecule has 228 valence electrons. The van der Waals surface area contributed by atoms with Crippen LogP contribution >= 0.6 is 23.2 Å². The van der Waals surface area contributed by atoms with Crippen molar-refractivity contribution in [2.75, 3.05) is 13.1 Å². The Hall–Kier alpha value is -4.01. The number of likely N-dealkylation sites (tertiary alicyclic amines) is 1. The van der Waals surface area contributed by atoms with Crippen LogP contribution in [0.1, 0.15) is 49.5 Å². The van der Waals surface area contributed by atoms with Gasteiger partial charge in [0.15, 0.2) is 5.82 Å². The summed E-state index contributed by atoms with van der Waals surface area (Å²) in [6.45, 7) is 7.14. The van der Waals surface area contributed by atoms with E-state index in [4.69, 9.17) is 32.9 Å². The summed E-state index contributed by atoms with van der Waals surface area (Å²) in [5.74, 6) is 0.712. The normalized spacial score (nSPS) is 15.6. The fraction of sp³-hybridized carbons (Fsp3) is 0.324. The summed E-state index contributed by atoms with van der Waals surface area (Å²) >= 11 is 12.5. The van der Waals surface area contributed by atoms with Gasteiger partial charge in [-0.1, -0.05) is 47.5 Å². The van der Waals surface area contributed by atoms with E-state index in [-0.39, 0.29) is 11.9 Å². The lowest BCUT2D eigenvalue weighted by atomic mass is 10.0. The van der Waals surface area contributed by atoms with Gasteiger partial charge in [0.1, 0.15) is 5.60 Å². The summed E-state index contributed by atoms with van der Waals surface area (Å²) in [6.07, 6.45) is 1.13. The number of fused-ring (bicyclic) bond motifs is 2. The summed E-state index contributed by atoms with van der Waals surface area (Å²) in [4.78, 5) is 32.8. The van der Waals surface area contributed by atoms with Crippen LogP contribution in [0.4, 0.5) is 4.79 Å². The van der Waals surface area contributed by atoms with E-state index in [2.05, 4.69) is 32.7 Å². The third kappa shape index (κ3) is 6.14. The van der Waals surface area contributed by atoms with E-state index < -0.39 is 11.7 Å². The number of benzene rings is 3. The first kappa shape index (κ1) is 30.0. The van der Waals surface area contributed by atoms with Crippen LogP contribution in [-0.4, -0.2) is 55.8 Å². The molecular formula is C34H35Cl2N5O3. The van der Waals surface area contributed by atoms with E-state index in [1.807, 2.05) is 76.3 Å². The number of aryl methyl sites for hydroxylation is 1. The number of imidazole rings is 1. The zero-order chi connectivity index (χ0) is 31.2. The summed E-state index contributed by atoms with van der Waals surface area (Å²) in [5, 5.41) is 5.06. The number of hydrogen-bond donors (Lipinski definition) is 1. The molecule has 0 radical (unpaired) electrons. The fourth-order valence-electron chi connectivity index (χ4n) is 5.88. The molecule has 1 unspecified atom stereocenters. The number of alkyl carbamates (subject to hydrolysis) is 1. The van der Waals surface area contributed by atoms with Crippen molar-refractivity contribution in [3.05, 3.63) is 87.9 Å². The molecule has 2 amide bonds. The highest BCUT2D eigenvalue weighted by Gasteiger charge is 2.28. The highest BCUT2D eigenvalue weighted by atomic mass is 35.5. The number of carbonyl (C=O) groups excluding carboxylic acids is 2. The molecular weight excluding hydrogens is 597 g/mol. The molecule has 8 nitrogen and oxygen atoms in total. The third-order valence-electron chi connectivity index (χ3n) is 7.92. The third-order valence-corrected chi connectivity index (χ3v) is 8.66. The van der Waals surface area contributed by atoms with Gasteiger partial charge in [-0.05, 0) is 81.6 Å². The molecule has 0 aliphatic carbocycles. The molecule has 44 heavy (non-hydrogen) atoms. The van der Waals surface area contributed by atoms with Crippen LogP contribution < -0.4 is 5.32 Å². The summed E-state index contributed by atoms with van der Waals surface area (Å²) < 4.78 is 9.70. The van der Waals surface area contributed by atoms with E-state index in [0.29, 0.717) is 35.2 Å². The molecule has 10 heteroatoms. The molecule has 1 saturated heterocycles. The molecule has 1 aliphatic rings. The molecule has 5 aromatic rings. The molecule has 1 N–H and O–H groups in total. The molecule has 3 aromatic carbocycles. The first-order chi connectivity index (χ1) is 21.0. The predicted molar refractivity (Wildman–Crippen MR) is 176 cm³/mol. The second-order valence-electron chi connectivity index (χ2n) is 12.4. The standard InChI is InChI=1S/C34H35Cl2N5O3/c1-34(2,3)44-33(43)37-24-9-7-15-40(20-24)32(42)23-12-14-29-27(17-23)38-31(39(29)4)30-18-22-8-5-6-10-28(22)41(30)19-21-11-13-25(35)26(36)16-21/h5-6,8,10-14,16-18,24H,7,9,15,19-20H2,1-4H3,(H,37,43). The first-order valence-corrected chi connectivity index (χ1v) is 15.5. The number of ether oxygens (including phenoxy) is 1. The SMILES string of the molecule is Cn1c(-c2cc3ccccc3n2Cc2ccc(Cl)c(Cl)c2)nc2cc(C(=O)N3CCCC(NC(=O)OC(C)(C)C)C3)ccc21. The lowest BCUT2D eigenvalue weighted by molar-refractivity contribution is 0.0452. The van der Waals surface area contributed by atoms with E-state index in [9.17, 15) is 9.59 Å². The van der Waals surface area contributed by atoms with Crippen molar-refractivity contribution in [1.29, 1.82) is 0 Å². The molecule has 6 rings (SSSR count). The molecule has 0 bridgehead atoms. The smallest absolute Gasteiger partial charge is 0.407 e. The van der Waals surface area contributed by atoms with Gasteiger partial charge < -0.3 is 24.1 Å². The van der Waals surface area contributed by atoms with Crippen molar-refractivity contribution < 1.29 is 14.3 Å². The van der Waals surface area contributed by atoms with Crippen LogP contribution in [0.5, 0.6) is 0 Å². The van der Waals surface area contributed by atoms with Gasteiger partial charge in [0.05, 0.1) is 26.8 Å². The van der Waals surface area contributed by atoms with Crippen molar-refractivity contribution in [2.45, 2.75) is 51.8 Å². The van der Waals surface area contributed by atoms with Crippen molar-refractivity contribution >= 4 is 57.1 Å². The van der Waals surface area contributed by atoms with E-state index in [0.717, 1.165) is 51.9 Å². The van der Waals surface area contributed by atoms with Gasteiger partial charge in [-0.2, -0.15) is 0 Å². The van der Waals surface area contributed by atoms with Crippen molar-refractivity contribution in [2.24, 2.45) is 7.05 Å². The van der Waals surface area contributed by atoms with Gasteiger partial charge in [-0.3, -0.25) is 4.79 Å². The van der Waals surface area contributed by atoms with E-state index >= 15 is 0 Å². The van der Waals surface area contributed by atoms with Gasteiger partial charge in [-0.25, -0.2) is 9.78 Å². The Bertz CT molecular complexity index is 1890. The molecule has 2 aromatic heterocycles. The van der Waals surface area contributed by atoms with Gasteiger partial charge in [-0.15, -0.1) is 0 Å². The largest absolute Gasteiger partial charge is 0.444 e. The number of para-hydroxylation sites is 1. The van der Waals surface area contributed by atoms with Crippen LogP contribution in [0.25, 0.3) is 33.5 Å². The van der Waals surface area contributed by atoms with Crippen LogP contribution in [0.3, 0.4) is 0 Å². The van der Waals surface area contributed by atoms with Crippen molar-refractivity contribution in [3.63, 3.8) is 0 Å². The summed E-state index contributed by atoms with van der Waals surface area (Å²) in [7, 11) is 1.99. The number of rotatable bonds is 5. The second kappa shape index (κ2) is 11.8. The quantitative estimate of drug-likeness (QED) is 0.216. The molecule has 3 heterocycles. The number of aromatic nitrogens is 3. The molecule has 1 fully saturated rings. The number of halogens is 2. The highest BCUT2D eigenvalue weighted by Crippen LogP contribution is 2.32. The highest BCUT2D eigenvalue weighted by molar-refractivity contribution is 6.42. The minimum atomic E-state index is -0.580. The summed E-state index contributed by atoms with van der Waals surface area (Å²) in [5.41, 5.74) is 4.70. The maximum absolute atomic E-state index is 13.6. The number of piperidine rings is 1. The lowest BCUT2D eigenvalue weighted by Crippen LogP contribution is -2.50. The molecule has 1 aliphatic heterocycles. The minimum absolute atomic E-state index is 0.0801. The van der Waals surface area contributed by atoms with E-state index in [1.165, 1.54) is 0 Å². The van der Waals surface area contributed by atoms with Crippen LogP contribution in [0.2, 0.25) is 10.0 Å². The molecule has 0 saturated carbocycles. The number of amides is 2. The summed E-state index contributed by atoms with van der Waals surface area (Å²) in [6, 6.07) is 21.6. The lowest BCUT2D eigenvalue weighted by Gasteiger charge is -2.33. The maximum Gasteiger partial charge on any atom is 0.407 e.